The summed E-state index contributed by atoms with van der Waals surface area (Å²) in [4.78, 5) is 15.8. The van der Waals surface area contributed by atoms with Crippen molar-refractivity contribution < 1.29 is 23.1 Å². The lowest BCUT2D eigenvalue weighted by Crippen LogP contribution is -2.12. The number of pyridine rings is 1. The number of benzene rings is 2. The minimum atomic E-state index is -4.55. The molecule has 8 heteroatoms. The normalized spacial score (nSPS) is 11.1. The number of aromatic nitrogens is 1. The number of rotatable bonds is 4. The molecule has 3 rings (SSSR count). The van der Waals surface area contributed by atoms with Crippen LogP contribution in [0.1, 0.15) is 21.6 Å². The first-order valence-corrected chi connectivity index (χ1v) is 8.24. The van der Waals surface area contributed by atoms with Crippen molar-refractivity contribution in [1.82, 2.24) is 4.98 Å². The molecule has 2 aromatic carbocycles. The van der Waals surface area contributed by atoms with Crippen molar-refractivity contribution in [2.45, 2.75) is 13.1 Å². The fraction of sp³-hybridized carbons (Fsp3) is 0.100. The first-order chi connectivity index (χ1) is 13.2. The van der Waals surface area contributed by atoms with Crippen LogP contribution in [-0.4, -0.2) is 16.0 Å². The van der Waals surface area contributed by atoms with Gasteiger partial charge >= 0.3 is 6.18 Å². The van der Waals surface area contributed by atoms with Crippen LogP contribution in [0, 0.1) is 6.92 Å². The second-order valence-electron chi connectivity index (χ2n) is 6.11. The van der Waals surface area contributed by atoms with Crippen molar-refractivity contribution in [3.05, 3.63) is 77.6 Å². The zero-order valence-electron chi connectivity index (χ0n) is 14.7. The summed E-state index contributed by atoms with van der Waals surface area (Å²) in [5.74, 6) is -0.528. The molecular weight excluding hydrogens is 371 g/mol. The van der Waals surface area contributed by atoms with Gasteiger partial charge < -0.3 is 15.7 Å². The summed E-state index contributed by atoms with van der Waals surface area (Å²) < 4.78 is 38.3. The molecule has 5 nitrogen and oxygen atoms in total. The molecule has 0 saturated carbocycles. The fourth-order valence-corrected chi connectivity index (χ4v) is 2.51. The number of alkyl halides is 3. The van der Waals surface area contributed by atoms with Gasteiger partial charge in [-0.2, -0.15) is 13.2 Å². The number of amides is 1. The highest BCUT2D eigenvalue weighted by molar-refractivity contribution is 6.05. The van der Waals surface area contributed by atoms with E-state index in [1.165, 1.54) is 18.2 Å². The molecule has 0 fully saturated rings. The standard InChI is InChI=1S/C20H16F3N3O2/c1-12-5-6-17(27)16(9-12)26-19(28)13-3-2-4-14(10-13)25-15-7-8-24-18(11-15)20(21,22)23/h2-11,27H,1H3,(H,24,25)(H,26,28). The van der Waals surface area contributed by atoms with E-state index in [1.54, 1.807) is 30.3 Å². The summed E-state index contributed by atoms with van der Waals surface area (Å²) >= 11 is 0. The zero-order valence-corrected chi connectivity index (χ0v) is 14.7. The topological polar surface area (TPSA) is 74.2 Å². The summed E-state index contributed by atoms with van der Waals surface area (Å²) in [6.07, 6.45) is -3.49. The quantitative estimate of drug-likeness (QED) is 0.544. The number of carbonyl (C=O) groups excluding carboxylic acids is 1. The van der Waals surface area contributed by atoms with E-state index >= 15 is 0 Å². The van der Waals surface area contributed by atoms with E-state index in [0.29, 0.717) is 5.69 Å². The molecule has 0 saturated heterocycles. The van der Waals surface area contributed by atoms with Gasteiger partial charge in [0.1, 0.15) is 11.4 Å². The second-order valence-corrected chi connectivity index (χ2v) is 6.11. The molecule has 3 N–H and O–H groups in total. The first kappa shape index (κ1) is 19.2. The molecule has 0 aliphatic rings. The number of hydrogen-bond donors (Lipinski definition) is 3. The predicted octanol–water partition coefficient (Wildman–Crippen LogP) is 5.11. The Hall–Kier alpha value is -3.55. The molecule has 0 radical (unpaired) electrons. The predicted molar refractivity (Wildman–Crippen MR) is 99.8 cm³/mol. The van der Waals surface area contributed by atoms with Crippen molar-refractivity contribution in [3.8, 4) is 5.75 Å². The molecule has 28 heavy (non-hydrogen) atoms. The Morgan fingerprint density at radius 3 is 2.54 bits per heavy atom. The molecule has 0 bridgehead atoms. The third-order valence-corrected chi connectivity index (χ3v) is 3.86. The lowest BCUT2D eigenvalue weighted by atomic mass is 10.1. The molecule has 144 valence electrons. The monoisotopic (exact) mass is 387 g/mol. The number of nitrogens with zero attached hydrogens (tertiary/aromatic N) is 1. The summed E-state index contributed by atoms with van der Waals surface area (Å²) in [5, 5.41) is 15.3. The average molecular weight is 387 g/mol. The smallest absolute Gasteiger partial charge is 0.433 e. The van der Waals surface area contributed by atoms with Crippen molar-refractivity contribution in [3.63, 3.8) is 0 Å². The SMILES string of the molecule is Cc1ccc(O)c(NC(=O)c2cccc(Nc3ccnc(C(F)(F)F)c3)c2)c1. The van der Waals surface area contributed by atoms with Gasteiger partial charge in [-0.15, -0.1) is 0 Å². The van der Waals surface area contributed by atoms with Crippen LogP contribution in [0.4, 0.5) is 30.2 Å². The summed E-state index contributed by atoms with van der Waals surface area (Å²) in [7, 11) is 0. The van der Waals surface area contributed by atoms with E-state index < -0.39 is 17.8 Å². The van der Waals surface area contributed by atoms with E-state index in [9.17, 15) is 23.1 Å². The molecule has 1 heterocycles. The third-order valence-electron chi connectivity index (χ3n) is 3.86. The van der Waals surface area contributed by atoms with Gasteiger partial charge in [-0.25, -0.2) is 0 Å². The Morgan fingerprint density at radius 2 is 1.79 bits per heavy atom. The molecule has 0 aliphatic carbocycles. The molecule has 0 aliphatic heterocycles. The van der Waals surface area contributed by atoms with Crippen molar-refractivity contribution in [2.24, 2.45) is 0 Å². The Kier molecular flexibility index (Phi) is 5.21. The number of carbonyl (C=O) groups is 1. The summed E-state index contributed by atoms with van der Waals surface area (Å²) in [6, 6.07) is 13.4. The van der Waals surface area contributed by atoms with E-state index in [-0.39, 0.29) is 22.7 Å². The lowest BCUT2D eigenvalue weighted by molar-refractivity contribution is -0.141. The van der Waals surface area contributed by atoms with Crippen LogP contribution >= 0.6 is 0 Å². The molecule has 0 spiro atoms. The number of nitrogens with one attached hydrogen (secondary N) is 2. The Bertz CT molecular complexity index is 1020. The second kappa shape index (κ2) is 7.59. The third kappa shape index (κ3) is 4.59. The van der Waals surface area contributed by atoms with Crippen molar-refractivity contribution in [1.29, 1.82) is 0 Å². The highest BCUT2D eigenvalue weighted by atomic mass is 19.4. The molecule has 0 unspecified atom stereocenters. The number of phenolic OH excluding ortho intramolecular Hbond substituents is 1. The van der Waals surface area contributed by atoms with Crippen LogP contribution in [0.5, 0.6) is 5.75 Å². The maximum atomic E-state index is 12.8. The van der Waals surface area contributed by atoms with Crippen LogP contribution < -0.4 is 10.6 Å². The van der Waals surface area contributed by atoms with Crippen LogP contribution in [-0.2, 0) is 6.18 Å². The van der Waals surface area contributed by atoms with Gasteiger partial charge in [0, 0.05) is 23.1 Å². The number of phenols is 1. The van der Waals surface area contributed by atoms with Crippen LogP contribution in [0.25, 0.3) is 0 Å². The van der Waals surface area contributed by atoms with E-state index in [4.69, 9.17) is 0 Å². The van der Waals surface area contributed by atoms with Gasteiger partial charge in [-0.05, 0) is 55.0 Å². The minimum absolute atomic E-state index is 0.0651. The molecule has 3 aromatic rings. The van der Waals surface area contributed by atoms with Crippen molar-refractivity contribution in [2.75, 3.05) is 10.6 Å². The number of aryl methyl sites for hydroxylation is 1. The van der Waals surface area contributed by atoms with E-state index in [1.807, 2.05) is 6.92 Å². The van der Waals surface area contributed by atoms with Gasteiger partial charge in [0.25, 0.3) is 5.91 Å². The molecule has 0 atom stereocenters. The van der Waals surface area contributed by atoms with E-state index in [2.05, 4.69) is 15.6 Å². The lowest BCUT2D eigenvalue weighted by Gasteiger charge is -2.12. The van der Waals surface area contributed by atoms with Crippen LogP contribution in [0.2, 0.25) is 0 Å². The van der Waals surface area contributed by atoms with Gasteiger partial charge in [0.2, 0.25) is 0 Å². The van der Waals surface area contributed by atoms with Gasteiger partial charge in [0.15, 0.2) is 0 Å². The fourth-order valence-electron chi connectivity index (χ4n) is 2.51. The van der Waals surface area contributed by atoms with E-state index in [0.717, 1.165) is 17.8 Å². The highest BCUT2D eigenvalue weighted by Crippen LogP contribution is 2.30. The summed E-state index contributed by atoms with van der Waals surface area (Å²) in [5.41, 5.74) is 1.02. The minimum Gasteiger partial charge on any atom is -0.506 e. The highest BCUT2D eigenvalue weighted by Gasteiger charge is 2.32. The number of anilines is 3. The summed E-state index contributed by atoms with van der Waals surface area (Å²) in [6.45, 7) is 1.82. The number of hydrogen-bond acceptors (Lipinski definition) is 4. The Balaban J connectivity index is 1.79. The van der Waals surface area contributed by atoms with Gasteiger partial charge in [0.05, 0.1) is 5.69 Å². The maximum absolute atomic E-state index is 12.8. The number of halogens is 3. The van der Waals surface area contributed by atoms with Crippen LogP contribution in [0.3, 0.4) is 0 Å². The number of aromatic hydroxyl groups is 1. The first-order valence-electron chi connectivity index (χ1n) is 8.24. The van der Waals surface area contributed by atoms with Crippen molar-refractivity contribution >= 4 is 23.0 Å². The average Bonchev–Trinajstić information content (AvgIpc) is 2.64. The Morgan fingerprint density at radius 1 is 1.04 bits per heavy atom. The Labute approximate surface area is 158 Å². The van der Waals surface area contributed by atoms with Gasteiger partial charge in [-0.3, -0.25) is 9.78 Å². The van der Waals surface area contributed by atoms with Gasteiger partial charge in [-0.1, -0.05) is 12.1 Å². The molecule has 1 aromatic heterocycles. The maximum Gasteiger partial charge on any atom is 0.433 e. The van der Waals surface area contributed by atoms with Crippen LogP contribution in [0.15, 0.2) is 60.8 Å². The zero-order chi connectivity index (χ0) is 20.3. The molecular formula is C20H16F3N3O2. The largest absolute Gasteiger partial charge is 0.506 e. The molecule has 1 amide bonds.